The van der Waals surface area contributed by atoms with Crippen LogP contribution in [0.5, 0.6) is 5.75 Å². The van der Waals surface area contributed by atoms with Gasteiger partial charge in [-0.2, -0.15) is 0 Å². The first-order valence-corrected chi connectivity index (χ1v) is 5.60. The highest BCUT2D eigenvalue weighted by Crippen LogP contribution is 2.16. The van der Waals surface area contributed by atoms with E-state index < -0.39 is 0 Å². The van der Waals surface area contributed by atoms with Crippen molar-refractivity contribution in [3.8, 4) is 5.75 Å². The number of hydrogen-bond donors (Lipinski definition) is 0. The van der Waals surface area contributed by atoms with Crippen molar-refractivity contribution >= 4 is 5.97 Å². The van der Waals surface area contributed by atoms with Crippen molar-refractivity contribution in [2.45, 2.75) is 33.1 Å². The molecule has 2 nitrogen and oxygen atoms in total. The highest BCUT2D eigenvalue weighted by atomic mass is 16.5. The van der Waals surface area contributed by atoms with Crippen molar-refractivity contribution in [2.24, 2.45) is 0 Å². The third-order valence-electron chi connectivity index (χ3n) is 2.28. The number of esters is 1. The van der Waals surface area contributed by atoms with Crippen molar-refractivity contribution in [3.05, 3.63) is 42.0 Å². The average Bonchev–Trinajstić information content (AvgIpc) is 2.26. The van der Waals surface area contributed by atoms with E-state index in [0.29, 0.717) is 11.3 Å². The smallest absolute Gasteiger partial charge is 0.338 e. The highest BCUT2D eigenvalue weighted by Gasteiger charge is 2.05. The molecule has 2 heteroatoms. The number of unbranched alkanes of at least 4 members (excludes halogenated alkanes) is 1. The summed E-state index contributed by atoms with van der Waals surface area (Å²) in [4.78, 5) is 11.3. The maximum atomic E-state index is 11.3. The molecular formula is C14H18O2. The molecular weight excluding hydrogens is 200 g/mol. The van der Waals surface area contributed by atoms with Gasteiger partial charge >= 0.3 is 5.97 Å². The van der Waals surface area contributed by atoms with E-state index in [0.717, 1.165) is 19.3 Å². The molecule has 0 N–H and O–H groups in total. The minimum atomic E-state index is -0.368. The Hall–Kier alpha value is -1.57. The number of aryl methyl sites for hydroxylation is 1. The normalized spacial score (nSPS) is 9.88. The van der Waals surface area contributed by atoms with E-state index in [1.807, 2.05) is 18.2 Å². The Morgan fingerprint density at radius 1 is 1.44 bits per heavy atom. The van der Waals surface area contributed by atoms with Crippen LogP contribution in [0.15, 0.2) is 36.4 Å². The summed E-state index contributed by atoms with van der Waals surface area (Å²) in [6.07, 6.45) is 3.34. The van der Waals surface area contributed by atoms with Gasteiger partial charge in [0.05, 0.1) is 0 Å². The van der Waals surface area contributed by atoms with E-state index in [4.69, 9.17) is 4.74 Å². The molecule has 0 aliphatic rings. The molecule has 1 rings (SSSR count). The number of hydrogen-bond acceptors (Lipinski definition) is 2. The number of rotatable bonds is 5. The summed E-state index contributed by atoms with van der Waals surface area (Å²) in [5.74, 6) is 0.231. The van der Waals surface area contributed by atoms with Gasteiger partial charge in [-0.3, -0.25) is 0 Å². The highest BCUT2D eigenvalue weighted by molar-refractivity contribution is 5.88. The molecule has 16 heavy (non-hydrogen) atoms. The number of carbonyl (C=O) groups is 1. The van der Waals surface area contributed by atoms with Crippen LogP contribution in [-0.4, -0.2) is 5.97 Å². The maximum absolute atomic E-state index is 11.3. The van der Waals surface area contributed by atoms with Gasteiger partial charge in [-0.25, -0.2) is 4.79 Å². The molecule has 0 unspecified atom stereocenters. The summed E-state index contributed by atoms with van der Waals surface area (Å²) in [5.41, 5.74) is 1.62. The van der Waals surface area contributed by atoms with E-state index in [1.54, 1.807) is 13.0 Å². The summed E-state index contributed by atoms with van der Waals surface area (Å²) in [5, 5.41) is 0. The van der Waals surface area contributed by atoms with Gasteiger partial charge in [0, 0.05) is 5.57 Å². The summed E-state index contributed by atoms with van der Waals surface area (Å²) < 4.78 is 5.16. The molecule has 0 spiro atoms. The van der Waals surface area contributed by atoms with Crippen LogP contribution < -0.4 is 4.74 Å². The molecule has 86 valence electrons. The second-order valence-corrected chi connectivity index (χ2v) is 3.92. The Kier molecular flexibility index (Phi) is 4.77. The molecule has 0 fully saturated rings. The molecule has 0 amide bonds. The predicted molar refractivity (Wildman–Crippen MR) is 65.5 cm³/mol. The molecule has 0 aromatic heterocycles. The Balaban J connectivity index is 2.67. The molecule has 1 aromatic carbocycles. The molecule has 0 saturated carbocycles. The molecule has 0 aliphatic carbocycles. The fourth-order valence-electron chi connectivity index (χ4n) is 1.34. The monoisotopic (exact) mass is 218 g/mol. The van der Waals surface area contributed by atoms with E-state index in [2.05, 4.69) is 13.5 Å². The van der Waals surface area contributed by atoms with Gasteiger partial charge < -0.3 is 4.74 Å². The van der Waals surface area contributed by atoms with E-state index in [-0.39, 0.29) is 5.97 Å². The zero-order valence-electron chi connectivity index (χ0n) is 9.95. The lowest BCUT2D eigenvalue weighted by atomic mass is 10.1. The van der Waals surface area contributed by atoms with Crippen molar-refractivity contribution in [3.63, 3.8) is 0 Å². The standard InChI is InChI=1S/C14H18O2/c1-4-5-7-12-8-6-9-13(10-12)16-14(15)11(2)3/h6,8-10H,2,4-5,7H2,1,3H3. The summed E-state index contributed by atoms with van der Waals surface area (Å²) in [6.45, 7) is 7.35. The first-order valence-electron chi connectivity index (χ1n) is 5.60. The average molecular weight is 218 g/mol. The molecule has 0 radical (unpaired) electrons. The molecule has 0 aliphatic heterocycles. The van der Waals surface area contributed by atoms with Crippen LogP contribution in [0.3, 0.4) is 0 Å². The van der Waals surface area contributed by atoms with Gasteiger partial charge in [-0.1, -0.05) is 32.1 Å². The molecule has 0 heterocycles. The predicted octanol–water partition coefficient (Wildman–Crippen LogP) is 3.51. The topological polar surface area (TPSA) is 26.3 Å². The van der Waals surface area contributed by atoms with Crippen LogP contribution in [0, 0.1) is 0 Å². The van der Waals surface area contributed by atoms with E-state index in [1.165, 1.54) is 5.56 Å². The van der Waals surface area contributed by atoms with Crippen molar-refractivity contribution in [2.75, 3.05) is 0 Å². The maximum Gasteiger partial charge on any atom is 0.338 e. The minimum absolute atomic E-state index is 0.368. The fourth-order valence-corrected chi connectivity index (χ4v) is 1.34. The Bertz CT molecular complexity index is 380. The van der Waals surface area contributed by atoms with E-state index >= 15 is 0 Å². The quantitative estimate of drug-likeness (QED) is 0.429. The number of benzene rings is 1. The summed E-state index contributed by atoms with van der Waals surface area (Å²) in [6, 6.07) is 7.66. The van der Waals surface area contributed by atoms with Gasteiger partial charge in [-0.15, -0.1) is 0 Å². The molecule has 0 saturated heterocycles. The number of ether oxygens (including phenoxy) is 1. The van der Waals surface area contributed by atoms with Crippen LogP contribution in [-0.2, 0) is 11.2 Å². The lowest BCUT2D eigenvalue weighted by Crippen LogP contribution is -2.08. The second kappa shape index (κ2) is 6.11. The van der Waals surface area contributed by atoms with Crippen LogP contribution in [0.25, 0.3) is 0 Å². The number of carbonyl (C=O) groups excluding carboxylic acids is 1. The molecule has 0 bridgehead atoms. The van der Waals surface area contributed by atoms with Crippen molar-refractivity contribution < 1.29 is 9.53 Å². The van der Waals surface area contributed by atoms with Gasteiger partial charge in [-0.05, 0) is 37.5 Å². The van der Waals surface area contributed by atoms with Gasteiger partial charge in [0.25, 0.3) is 0 Å². The lowest BCUT2D eigenvalue weighted by Gasteiger charge is -2.05. The summed E-state index contributed by atoms with van der Waals surface area (Å²) in [7, 11) is 0. The second-order valence-electron chi connectivity index (χ2n) is 3.92. The van der Waals surface area contributed by atoms with Crippen LogP contribution in [0.4, 0.5) is 0 Å². The van der Waals surface area contributed by atoms with Crippen LogP contribution in [0.1, 0.15) is 32.3 Å². The zero-order chi connectivity index (χ0) is 12.0. The van der Waals surface area contributed by atoms with Gasteiger partial charge in [0.1, 0.15) is 5.75 Å². The zero-order valence-corrected chi connectivity index (χ0v) is 9.95. The Morgan fingerprint density at radius 3 is 2.81 bits per heavy atom. The lowest BCUT2D eigenvalue weighted by molar-refractivity contribution is -0.130. The SMILES string of the molecule is C=C(C)C(=O)Oc1cccc(CCCC)c1. The first-order chi connectivity index (χ1) is 7.63. The third kappa shape index (κ3) is 3.89. The van der Waals surface area contributed by atoms with Crippen molar-refractivity contribution in [1.29, 1.82) is 0 Å². The largest absolute Gasteiger partial charge is 0.423 e. The molecule has 1 aromatic rings. The van der Waals surface area contributed by atoms with E-state index in [9.17, 15) is 4.79 Å². The van der Waals surface area contributed by atoms with Crippen LogP contribution in [0.2, 0.25) is 0 Å². The Labute approximate surface area is 96.9 Å². The summed E-state index contributed by atoms with van der Waals surface area (Å²) >= 11 is 0. The van der Waals surface area contributed by atoms with Gasteiger partial charge in [0.2, 0.25) is 0 Å². The third-order valence-corrected chi connectivity index (χ3v) is 2.28. The molecule has 0 atom stereocenters. The fraction of sp³-hybridized carbons (Fsp3) is 0.357. The van der Waals surface area contributed by atoms with Crippen molar-refractivity contribution in [1.82, 2.24) is 0 Å². The van der Waals surface area contributed by atoms with Gasteiger partial charge in [0.15, 0.2) is 0 Å². The Morgan fingerprint density at radius 2 is 2.19 bits per heavy atom. The first kappa shape index (κ1) is 12.5. The van der Waals surface area contributed by atoms with Crippen LogP contribution >= 0.6 is 0 Å². The minimum Gasteiger partial charge on any atom is -0.423 e.